The zero-order valence-electron chi connectivity index (χ0n) is 10.3. The maximum absolute atomic E-state index is 4.49. The van der Waals surface area contributed by atoms with Crippen LogP contribution in [0.25, 0.3) is 0 Å². The molecule has 0 N–H and O–H groups in total. The summed E-state index contributed by atoms with van der Waals surface area (Å²) in [5.41, 5.74) is 2.84. The first-order valence-corrected chi connectivity index (χ1v) is 12.7. The monoisotopic (exact) mass is 368 g/mol. The van der Waals surface area contributed by atoms with Gasteiger partial charge in [-0.15, -0.1) is 11.1 Å². The summed E-state index contributed by atoms with van der Waals surface area (Å²) in [5, 5.41) is 0. The molecule has 0 radical (unpaired) electrons. The zero-order chi connectivity index (χ0) is 12.6. The van der Waals surface area contributed by atoms with E-state index in [0.29, 0.717) is 0 Å². The Morgan fingerprint density at radius 3 is 1.69 bits per heavy atom. The molecule has 0 unspecified atom stereocenters. The van der Waals surface area contributed by atoms with Gasteiger partial charge in [-0.2, -0.15) is 24.3 Å². The molecule has 1 aromatic carbocycles. The Balaban J connectivity index is 0.00000106. The van der Waals surface area contributed by atoms with Crippen molar-refractivity contribution in [3.05, 3.63) is 35.4 Å². The fourth-order valence-electron chi connectivity index (χ4n) is 1.54. The first-order valence-electron chi connectivity index (χ1n) is 5.28. The average Bonchev–Trinajstić information content (AvgIpc) is 2.19. The summed E-state index contributed by atoms with van der Waals surface area (Å²) in [6.07, 6.45) is 2.52. The van der Waals surface area contributed by atoms with Gasteiger partial charge in [0.15, 0.2) is 0 Å². The molecular formula is C12H21ClP2Pd+2. The summed E-state index contributed by atoms with van der Waals surface area (Å²) in [4.78, 5) is 0. The fraction of sp³-hybridized carbons (Fsp3) is 0.500. The Kier molecular flexibility index (Phi) is 10.6. The van der Waals surface area contributed by atoms with Gasteiger partial charge >= 0.3 is 27.7 Å². The molecule has 0 heterocycles. The van der Waals surface area contributed by atoms with Crippen LogP contribution in [0.3, 0.4) is 0 Å². The molecule has 4 heteroatoms. The molecular weight excluding hydrogens is 348 g/mol. The van der Waals surface area contributed by atoms with Gasteiger partial charge < -0.3 is 0 Å². The third-order valence-corrected chi connectivity index (χ3v) is 4.18. The van der Waals surface area contributed by atoms with Crippen LogP contribution in [0.1, 0.15) is 11.1 Å². The van der Waals surface area contributed by atoms with Crippen molar-refractivity contribution in [1.29, 1.82) is 0 Å². The van der Waals surface area contributed by atoms with E-state index >= 15 is 0 Å². The van der Waals surface area contributed by atoms with Crippen LogP contribution in [-0.2, 0) is 30.5 Å². The number of rotatable bonds is 4. The van der Waals surface area contributed by atoms with Crippen LogP contribution < -0.4 is 0 Å². The van der Waals surface area contributed by atoms with Crippen LogP contribution in [0.4, 0.5) is 0 Å². The molecule has 16 heavy (non-hydrogen) atoms. The van der Waals surface area contributed by atoms with E-state index in [0.717, 1.165) is 0 Å². The van der Waals surface area contributed by atoms with Crippen molar-refractivity contribution in [3.63, 3.8) is 0 Å². The van der Waals surface area contributed by atoms with E-state index in [1.54, 1.807) is 0 Å². The van der Waals surface area contributed by atoms with Crippen molar-refractivity contribution in [1.82, 2.24) is 0 Å². The van der Waals surface area contributed by atoms with Crippen LogP contribution >= 0.6 is 25.4 Å². The summed E-state index contributed by atoms with van der Waals surface area (Å²) >= 11 is 2.22. The van der Waals surface area contributed by atoms with Gasteiger partial charge in [0.2, 0.25) is 0 Å². The summed E-state index contributed by atoms with van der Waals surface area (Å²) < 4.78 is 0. The van der Waals surface area contributed by atoms with Crippen LogP contribution in [0.2, 0.25) is 0 Å². The molecule has 94 valence electrons. The third-order valence-electron chi connectivity index (χ3n) is 2.00. The maximum atomic E-state index is 4.49. The SMILES string of the molecule is C[PH+](C)Cc1[c-]c(C[PH+](C)C)ccc1.[Cl][Pd+]. The minimum absolute atomic E-state index is 0.154. The number of benzene rings is 1. The van der Waals surface area contributed by atoms with Crippen molar-refractivity contribution < 1.29 is 18.2 Å². The summed E-state index contributed by atoms with van der Waals surface area (Å²) in [6.45, 7) is 9.44. The predicted octanol–water partition coefficient (Wildman–Crippen LogP) is 4.12. The number of halogens is 1. The first kappa shape index (κ1) is 17.0. The second-order valence-corrected chi connectivity index (χ2v) is 10.0. The van der Waals surface area contributed by atoms with Crippen molar-refractivity contribution in [2.75, 3.05) is 26.7 Å². The van der Waals surface area contributed by atoms with E-state index in [4.69, 9.17) is 0 Å². The van der Waals surface area contributed by atoms with Crippen LogP contribution in [-0.4, -0.2) is 26.7 Å². The zero-order valence-corrected chi connectivity index (χ0v) is 14.7. The van der Waals surface area contributed by atoms with Crippen molar-refractivity contribution in [3.8, 4) is 0 Å². The Morgan fingerprint density at radius 1 is 1.00 bits per heavy atom. The van der Waals surface area contributed by atoms with Gasteiger partial charge in [-0.05, 0) is 15.8 Å². The molecule has 0 saturated carbocycles. The second kappa shape index (κ2) is 10.0. The molecule has 0 nitrogen and oxygen atoms in total. The van der Waals surface area contributed by atoms with Crippen LogP contribution in [0.15, 0.2) is 18.2 Å². The molecule has 0 amide bonds. The van der Waals surface area contributed by atoms with Gasteiger partial charge in [0.05, 0.1) is 12.3 Å². The van der Waals surface area contributed by atoms with Crippen LogP contribution in [0, 0.1) is 6.07 Å². The molecule has 0 aliphatic rings. The molecule has 0 spiro atoms. The Bertz CT molecular complexity index is 265. The topological polar surface area (TPSA) is 0 Å². The quantitative estimate of drug-likeness (QED) is 0.426. The van der Waals surface area contributed by atoms with Crippen molar-refractivity contribution >= 4 is 25.4 Å². The molecule has 1 rings (SSSR count). The molecule has 0 atom stereocenters. The molecule has 0 bridgehead atoms. The van der Waals surface area contributed by atoms with Gasteiger partial charge in [-0.25, -0.2) is 0 Å². The third kappa shape index (κ3) is 8.17. The van der Waals surface area contributed by atoms with Crippen molar-refractivity contribution in [2.24, 2.45) is 0 Å². The van der Waals surface area contributed by atoms with Gasteiger partial charge in [-0.3, -0.25) is 0 Å². The van der Waals surface area contributed by atoms with Gasteiger partial charge in [0.25, 0.3) is 0 Å². The minimum atomic E-state index is -0.154. The summed E-state index contributed by atoms with van der Waals surface area (Å²) in [6, 6.07) is 10.2. The molecule has 0 aliphatic heterocycles. The average molecular weight is 369 g/mol. The molecule has 0 aliphatic carbocycles. The van der Waals surface area contributed by atoms with Gasteiger partial charge in [-0.1, -0.05) is 0 Å². The van der Waals surface area contributed by atoms with Gasteiger partial charge in [0.1, 0.15) is 0 Å². The Hall–Kier alpha value is 1.03. The second-order valence-electron chi connectivity index (χ2n) is 4.47. The summed E-state index contributed by atoms with van der Waals surface area (Å²) in [7, 11) is 4.18. The van der Waals surface area contributed by atoms with E-state index in [1.165, 1.54) is 23.5 Å². The molecule has 0 fully saturated rings. The van der Waals surface area contributed by atoms with E-state index in [1.807, 2.05) is 0 Å². The molecule has 1 aromatic rings. The number of hydrogen-bond acceptors (Lipinski definition) is 0. The normalized spacial score (nSPS) is 10.3. The Labute approximate surface area is 117 Å². The molecule has 0 saturated heterocycles. The first-order chi connectivity index (χ1) is 7.58. The fourth-order valence-corrected chi connectivity index (χ4v) is 3.47. The van der Waals surface area contributed by atoms with E-state index in [-0.39, 0.29) is 15.8 Å². The number of hydrogen-bond donors (Lipinski definition) is 0. The van der Waals surface area contributed by atoms with E-state index in [2.05, 4.69) is 78.6 Å². The molecule has 0 aromatic heterocycles. The predicted molar refractivity (Wildman–Crippen MR) is 78.9 cm³/mol. The standard InChI is InChI=1S/C12H19P2.ClH.Pd/c1-13(2)9-11-6-5-7-12(8-11)10-14(3)4;;/h5-7H,9-10H2,1-4H3;1H;/q-1;;+2/p+1. The van der Waals surface area contributed by atoms with Crippen molar-refractivity contribution in [2.45, 2.75) is 12.3 Å². The van der Waals surface area contributed by atoms with Gasteiger partial charge in [0, 0.05) is 26.7 Å². The van der Waals surface area contributed by atoms with E-state index in [9.17, 15) is 0 Å². The van der Waals surface area contributed by atoms with E-state index < -0.39 is 0 Å². The van der Waals surface area contributed by atoms with Crippen LogP contribution in [0.5, 0.6) is 0 Å². The Morgan fingerprint density at radius 2 is 1.38 bits per heavy atom. The summed E-state index contributed by atoms with van der Waals surface area (Å²) in [5.74, 6) is 0.